The normalized spacial score (nSPS) is 11.5. The molecular formula is C29H33FN2O5. The number of methoxy groups -OCH3 is 3. The van der Waals surface area contributed by atoms with Gasteiger partial charge in [0.2, 0.25) is 11.8 Å². The van der Waals surface area contributed by atoms with Gasteiger partial charge in [-0.15, -0.1) is 0 Å². The van der Waals surface area contributed by atoms with Gasteiger partial charge >= 0.3 is 0 Å². The maximum atomic E-state index is 13.8. The average molecular weight is 509 g/mol. The smallest absolute Gasteiger partial charge is 0.243 e. The van der Waals surface area contributed by atoms with Crippen LogP contribution in [0.3, 0.4) is 0 Å². The Labute approximate surface area is 217 Å². The van der Waals surface area contributed by atoms with Crippen LogP contribution in [0, 0.1) is 5.82 Å². The summed E-state index contributed by atoms with van der Waals surface area (Å²) in [4.78, 5) is 28.7. The monoisotopic (exact) mass is 508 g/mol. The Morgan fingerprint density at radius 2 is 1.54 bits per heavy atom. The first-order valence-electron chi connectivity index (χ1n) is 12.0. The van der Waals surface area contributed by atoms with Gasteiger partial charge in [0, 0.05) is 26.6 Å². The molecule has 0 unspecified atom stereocenters. The molecule has 0 aromatic heterocycles. The molecule has 1 N–H and O–H groups in total. The maximum Gasteiger partial charge on any atom is 0.243 e. The van der Waals surface area contributed by atoms with Gasteiger partial charge in [-0.05, 0) is 41.0 Å². The van der Waals surface area contributed by atoms with Crippen LogP contribution in [0.1, 0.15) is 16.7 Å². The van der Waals surface area contributed by atoms with Crippen molar-refractivity contribution in [2.75, 3.05) is 34.5 Å². The van der Waals surface area contributed by atoms with Crippen LogP contribution in [0.25, 0.3) is 0 Å². The van der Waals surface area contributed by atoms with Crippen molar-refractivity contribution >= 4 is 11.8 Å². The fourth-order valence-electron chi connectivity index (χ4n) is 4.00. The summed E-state index contributed by atoms with van der Waals surface area (Å²) >= 11 is 0. The van der Waals surface area contributed by atoms with E-state index in [4.69, 9.17) is 14.2 Å². The van der Waals surface area contributed by atoms with Crippen molar-refractivity contribution in [2.45, 2.75) is 25.4 Å². The van der Waals surface area contributed by atoms with Crippen LogP contribution in [0.5, 0.6) is 11.5 Å². The van der Waals surface area contributed by atoms with Crippen LogP contribution < -0.4 is 14.8 Å². The second-order valence-corrected chi connectivity index (χ2v) is 8.50. The van der Waals surface area contributed by atoms with Crippen LogP contribution in [0.15, 0.2) is 72.8 Å². The molecule has 8 heteroatoms. The number of nitrogens with zero attached hydrogens (tertiary/aromatic N) is 1. The number of carbonyl (C=O) groups is 2. The number of carbonyl (C=O) groups excluding carboxylic acids is 2. The fourth-order valence-corrected chi connectivity index (χ4v) is 4.00. The highest BCUT2D eigenvalue weighted by Crippen LogP contribution is 2.28. The molecule has 0 fully saturated rings. The van der Waals surface area contributed by atoms with Gasteiger partial charge in [0.1, 0.15) is 11.9 Å². The molecule has 3 rings (SSSR count). The van der Waals surface area contributed by atoms with Gasteiger partial charge in [0.05, 0.1) is 27.2 Å². The summed E-state index contributed by atoms with van der Waals surface area (Å²) in [5, 5.41) is 2.88. The van der Waals surface area contributed by atoms with Gasteiger partial charge in [-0.25, -0.2) is 4.39 Å². The number of nitrogens with one attached hydrogen (secondary N) is 1. The van der Waals surface area contributed by atoms with Crippen LogP contribution in [0.4, 0.5) is 4.39 Å². The molecule has 0 radical (unpaired) electrons. The van der Waals surface area contributed by atoms with Gasteiger partial charge in [0.25, 0.3) is 0 Å². The minimum absolute atomic E-state index is 0.0399. The SMILES string of the molecule is COCCNC(=O)[C@H](Cc1ccccc1)N(Cc1ccc(F)cc1)C(=O)Cc1ccc(OC)c(OC)c1. The third-order valence-corrected chi connectivity index (χ3v) is 5.95. The zero-order chi connectivity index (χ0) is 26.6. The predicted octanol–water partition coefficient (Wildman–Crippen LogP) is 3.79. The summed E-state index contributed by atoms with van der Waals surface area (Å²) in [5.41, 5.74) is 2.34. The van der Waals surface area contributed by atoms with Gasteiger partial charge < -0.3 is 24.4 Å². The molecular weight excluding hydrogens is 475 g/mol. The van der Waals surface area contributed by atoms with Crippen molar-refractivity contribution in [1.29, 1.82) is 0 Å². The van der Waals surface area contributed by atoms with E-state index in [9.17, 15) is 14.0 Å². The molecule has 0 aliphatic heterocycles. The lowest BCUT2D eigenvalue weighted by Gasteiger charge is -2.31. The number of ether oxygens (including phenoxy) is 3. The highest BCUT2D eigenvalue weighted by atomic mass is 19.1. The number of hydrogen-bond donors (Lipinski definition) is 1. The maximum absolute atomic E-state index is 13.8. The van der Waals surface area contributed by atoms with E-state index in [0.717, 1.165) is 5.56 Å². The Bertz CT molecular complexity index is 1150. The van der Waals surface area contributed by atoms with E-state index in [1.807, 2.05) is 30.3 Å². The van der Waals surface area contributed by atoms with Gasteiger partial charge in [-0.2, -0.15) is 0 Å². The minimum atomic E-state index is -0.794. The second-order valence-electron chi connectivity index (χ2n) is 8.50. The lowest BCUT2D eigenvalue weighted by atomic mass is 10.0. The van der Waals surface area contributed by atoms with E-state index >= 15 is 0 Å². The predicted molar refractivity (Wildman–Crippen MR) is 139 cm³/mol. The van der Waals surface area contributed by atoms with E-state index in [1.54, 1.807) is 49.5 Å². The standard InChI is InChI=1S/C29H33FN2O5/c1-35-16-15-31-29(34)25(17-21-7-5-4-6-8-21)32(20-22-9-12-24(30)13-10-22)28(33)19-23-11-14-26(36-2)27(18-23)37-3/h4-14,18,25H,15-17,19-20H2,1-3H3,(H,31,34)/t25-/m0/s1. The molecule has 3 aromatic carbocycles. The Kier molecular flexibility index (Phi) is 10.5. The second kappa shape index (κ2) is 14.0. The van der Waals surface area contributed by atoms with Crippen LogP contribution in [0.2, 0.25) is 0 Å². The van der Waals surface area contributed by atoms with E-state index in [2.05, 4.69) is 5.32 Å². The molecule has 0 bridgehead atoms. The summed E-state index contributed by atoms with van der Waals surface area (Å²) in [6.45, 7) is 0.803. The molecule has 37 heavy (non-hydrogen) atoms. The van der Waals surface area contributed by atoms with E-state index in [0.29, 0.717) is 42.2 Å². The molecule has 7 nitrogen and oxygen atoms in total. The highest BCUT2D eigenvalue weighted by Gasteiger charge is 2.30. The molecule has 1 atom stereocenters. The summed E-state index contributed by atoms with van der Waals surface area (Å²) < 4.78 is 29.3. The van der Waals surface area contributed by atoms with Crippen molar-refractivity contribution in [1.82, 2.24) is 10.2 Å². The molecule has 0 heterocycles. The topological polar surface area (TPSA) is 77.1 Å². The Hall–Kier alpha value is -3.91. The first-order chi connectivity index (χ1) is 17.9. The molecule has 0 saturated heterocycles. The Morgan fingerprint density at radius 1 is 0.865 bits per heavy atom. The van der Waals surface area contributed by atoms with E-state index < -0.39 is 6.04 Å². The number of rotatable bonds is 13. The third-order valence-electron chi connectivity index (χ3n) is 5.95. The molecule has 3 aromatic rings. The van der Waals surface area contributed by atoms with Crippen molar-refractivity contribution in [3.05, 3.63) is 95.3 Å². The molecule has 0 aliphatic carbocycles. The highest BCUT2D eigenvalue weighted by molar-refractivity contribution is 5.88. The summed E-state index contributed by atoms with van der Waals surface area (Å²) in [7, 11) is 4.63. The first kappa shape index (κ1) is 27.7. The number of hydrogen-bond acceptors (Lipinski definition) is 5. The molecule has 0 aliphatic rings. The summed E-state index contributed by atoms with van der Waals surface area (Å²) in [6, 6.07) is 19.9. The first-order valence-corrected chi connectivity index (χ1v) is 12.0. The minimum Gasteiger partial charge on any atom is -0.493 e. The molecule has 2 amide bonds. The van der Waals surface area contributed by atoms with Crippen molar-refractivity contribution in [3.8, 4) is 11.5 Å². The zero-order valence-electron chi connectivity index (χ0n) is 21.4. The van der Waals surface area contributed by atoms with Crippen LogP contribution >= 0.6 is 0 Å². The molecule has 0 saturated carbocycles. The largest absolute Gasteiger partial charge is 0.493 e. The number of halogens is 1. The molecule has 196 valence electrons. The lowest BCUT2D eigenvalue weighted by molar-refractivity contribution is -0.140. The fraction of sp³-hybridized carbons (Fsp3) is 0.310. The zero-order valence-corrected chi connectivity index (χ0v) is 21.4. The lowest BCUT2D eigenvalue weighted by Crippen LogP contribution is -2.51. The Balaban J connectivity index is 1.95. The quantitative estimate of drug-likeness (QED) is 0.356. The van der Waals surface area contributed by atoms with E-state index in [-0.39, 0.29) is 30.6 Å². The number of amides is 2. The van der Waals surface area contributed by atoms with E-state index in [1.165, 1.54) is 19.2 Å². The van der Waals surface area contributed by atoms with Gasteiger partial charge in [0.15, 0.2) is 11.5 Å². The van der Waals surface area contributed by atoms with Gasteiger partial charge in [-0.1, -0.05) is 48.5 Å². The van der Waals surface area contributed by atoms with Crippen molar-refractivity contribution in [2.24, 2.45) is 0 Å². The Morgan fingerprint density at radius 3 is 2.19 bits per heavy atom. The van der Waals surface area contributed by atoms with Gasteiger partial charge in [-0.3, -0.25) is 9.59 Å². The van der Waals surface area contributed by atoms with Crippen LogP contribution in [-0.4, -0.2) is 57.2 Å². The summed E-state index contributed by atoms with van der Waals surface area (Å²) in [6.07, 6.45) is 0.358. The molecule has 0 spiro atoms. The number of benzene rings is 3. The van der Waals surface area contributed by atoms with Crippen molar-refractivity contribution < 1.29 is 28.2 Å². The van der Waals surface area contributed by atoms with Crippen molar-refractivity contribution in [3.63, 3.8) is 0 Å². The van der Waals surface area contributed by atoms with Crippen LogP contribution in [-0.2, 0) is 33.7 Å². The summed E-state index contributed by atoms with van der Waals surface area (Å²) in [5.74, 6) is 0.158. The average Bonchev–Trinajstić information content (AvgIpc) is 2.92. The third kappa shape index (κ3) is 8.05.